The highest BCUT2D eigenvalue weighted by Crippen LogP contribution is 2.29. The van der Waals surface area contributed by atoms with Crippen molar-refractivity contribution in [3.8, 4) is 0 Å². The van der Waals surface area contributed by atoms with Crippen LogP contribution in [0.15, 0.2) is 61.5 Å². The van der Waals surface area contributed by atoms with Gasteiger partial charge in [0.05, 0.1) is 25.4 Å². The van der Waals surface area contributed by atoms with Crippen LogP contribution in [0.25, 0.3) is 11.0 Å². The number of aromatic amines is 1. The molecule has 0 saturated heterocycles. The van der Waals surface area contributed by atoms with E-state index < -0.39 is 30.0 Å². The number of hydrogen-bond donors (Lipinski definition) is 3. The molecule has 10 heteroatoms. The highest BCUT2D eigenvalue weighted by atomic mass is 35.5. The van der Waals surface area contributed by atoms with Crippen LogP contribution in [0.4, 0.5) is 5.69 Å². The number of rotatable bonds is 8. The smallest absolute Gasteiger partial charge is 0.335 e. The largest absolute Gasteiger partial charge is 0.461 e. The molecule has 0 radical (unpaired) electrons. The van der Waals surface area contributed by atoms with E-state index in [9.17, 15) is 19.8 Å². The predicted molar refractivity (Wildman–Crippen MR) is 138 cm³/mol. The summed E-state index contributed by atoms with van der Waals surface area (Å²) >= 11 is 6.01. The fraction of sp³-hybridized carbons (Fsp3) is 0.346. The Balaban J connectivity index is 1.91. The van der Waals surface area contributed by atoms with Crippen molar-refractivity contribution in [2.45, 2.75) is 40.3 Å². The van der Waals surface area contributed by atoms with E-state index in [4.69, 9.17) is 16.0 Å². The molecule has 0 aliphatic heterocycles. The standard InChI is InChI=1S/C26H29ClN4O5/c1-4-21-16(2)20-11-19(9-10-22(20)36-21)28-23-29-24(34)31(13-26(3,14-32)15-33)25(35)30(23)12-17-5-7-18(27)8-6-17/h5-11,32-33H,4,12-15H2,1-3H3,(H,28,29,34). The predicted octanol–water partition coefficient (Wildman–Crippen LogP) is 2.88. The van der Waals surface area contributed by atoms with Crippen LogP contribution in [0, 0.1) is 12.3 Å². The van der Waals surface area contributed by atoms with Crippen LogP contribution in [0.2, 0.25) is 5.02 Å². The lowest BCUT2D eigenvalue weighted by molar-refractivity contribution is 0.0526. The maximum absolute atomic E-state index is 13.5. The molecule has 0 unspecified atom stereocenters. The summed E-state index contributed by atoms with van der Waals surface area (Å²) in [6.07, 6.45) is 0.764. The number of aliphatic hydroxyl groups is 2. The number of aromatic nitrogens is 3. The molecule has 9 nitrogen and oxygen atoms in total. The molecular formula is C26H29ClN4O5. The number of H-pyrrole nitrogens is 1. The summed E-state index contributed by atoms with van der Waals surface area (Å²) in [7, 11) is 0. The summed E-state index contributed by atoms with van der Waals surface area (Å²) in [5.41, 5.74) is 0.793. The normalized spacial score (nSPS) is 12.6. The molecule has 2 aromatic carbocycles. The lowest BCUT2D eigenvalue weighted by atomic mass is 9.93. The number of aliphatic hydroxyl groups excluding tert-OH is 2. The first-order valence-corrected chi connectivity index (χ1v) is 12.0. The summed E-state index contributed by atoms with van der Waals surface area (Å²) in [5, 5.41) is 20.9. The molecule has 0 saturated carbocycles. The van der Waals surface area contributed by atoms with Crippen molar-refractivity contribution in [2.24, 2.45) is 10.4 Å². The third-order valence-electron chi connectivity index (χ3n) is 6.31. The summed E-state index contributed by atoms with van der Waals surface area (Å²) in [4.78, 5) is 33.8. The number of hydrogen-bond acceptors (Lipinski definition) is 6. The Labute approximate surface area is 211 Å². The molecule has 2 heterocycles. The minimum absolute atomic E-state index is 0.0714. The van der Waals surface area contributed by atoms with E-state index in [1.165, 1.54) is 4.57 Å². The molecule has 4 aromatic rings. The van der Waals surface area contributed by atoms with Crippen molar-refractivity contribution in [3.63, 3.8) is 0 Å². The molecule has 0 aliphatic carbocycles. The van der Waals surface area contributed by atoms with E-state index >= 15 is 0 Å². The molecule has 0 aliphatic rings. The van der Waals surface area contributed by atoms with Gasteiger partial charge >= 0.3 is 11.4 Å². The molecule has 36 heavy (non-hydrogen) atoms. The van der Waals surface area contributed by atoms with Crippen LogP contribution in [0.5, 0.6) is 0 Å². The van der Waals surface area contributed by atoms with Gasteiger partial charge < -0.3 is 14.6 Å². The first kappa shape index (κ1) is 25.7. The van der Waals surface area contributed by atoms with Crippen LogP contribution >= 0.6 is 11.6 Å². The van der Waals surface area contributed by atoms with Crippen LogP contribution in [-0.2, 0) is 19.5 Å². The molecular weight excluding hydrogens is 484 g/mol. The quantitative estimate of drug-likeness (QED) is 0.334. The zero-order chi connectivity index (χ0) is 26.0. The number of halogens is 1. The van der Waals surface area contributed by atoms with Gasteiger partial charge in [0.1, 0.15) is 11.3 Å². The number of nitrogens with one attached hydrogen (secondary N) is 1. The Morgan fingerprint density at radius 2 is 1.78 bits per heavy atom. The second kappa shape index (κ2) is 10.3. The minimum Gasteiger partial charge on any atom is -0.461 e. The molecule has 190 valence electrons. The number of fused-ring (bicyclic) bond motifs is 1. The molecule has 0 amide bonds. The van der Waals surface area contributed by atoms with Gasteiger partial charge in [0.15, 0.2) is 0 Å². The highest BCUT2D eigenvalue weighted by Gasteiger charge is 2.25. The number of aryl methyl sites for hydroxylation is 2. The fourth-order valence-corrected chi connectivity index (χ4v) is 4.14. The third kappa shape index (κ3) is 5.09. The highest BCUT2D eigenvalue weighted by molar-refractivity contribution is 6.30. The van der Waals surface area contributed by atoms with Gasteiger partial charge in [-0.05, 0) is 48.4 Å². The van der Waals surface area contributed by atoms with Crippen molar-refractivity contribution in [1.29, 1.82) is 0 Å². The van der Waals surface area contributed by atoms with Gasteiger partial charge in [-0.15, -0.1) is 0 Å². The minimum atomic E-state index is -1.06. The van der Waals surface area contributed by atoms with Crippen molar-refractivity contribution in [2.75, 3.05) is 13.2 Å². The van der Waals surface area contributed by atoms with E-state index in [1.54, 1.807) is 37.3 Å². The molecule has 0 spiro atoms. The lowest BCUT2D eigenvalue weighted by Gasteiger charge is -2.25. The van der Waals surface area contributed by atoms with E-state index in [0.717, 1.165) is 38.8 Å². The summed E-state index contributed by atoms with van der Waals surface area (Å²) in [6, 6.07) is 12.4. The van der Waals surface area contributed by atoms with Crippen LogP contribution in [0.1, 0.15) is 30.7 Å². The molecule has 2 aromatic heterocycles. The average molecular weight is 513 g/mol. The maximum atomic E-state index is 13.5. The van der Waals surface area contributed by atoms with Crippen LogP contribution < -0.4 is 17.0 Å². The Kier molecular flexibility index (Phi) is 7.35. The first-order valence-electron chi connectivity index (χ1n) is 11.6. The molecule has 0 fully saturated rings. The number of furan rings is 1. The summed E-state index contributed by atoms with van der Waals surface area (Å²) in [5.74, 6) is 0.895. The van der Waals surface area contributed by atoms with E-state index in [-0.39, 0.29) is 18.7 Å². The van der Waals surface area contributed by atoms with Crippen LogP contribution in [0.3, 0.4) is 0 Å². The molecule has 3 N–H and O–H groups in total. The van der Waals surface area contributed by atoms with Gasteiger partial charge in [0.2, 0.25) is 5.62 Å². The third-order valence-corrected chi connectivity index (χ3v) is 6.57. The van der Waals surface area contributed by atoms with Crippen molar-refractivity contribution < 1.29 is 14.6 Å². The number of benzene rings is 2. The Bertz CT molecular complexity index is 1570. The van der Waals surface area contributed by atoms with Gasteiger partial charge in [0.25, 0.3) is 0 Å². The Hall–Kier alpha value is -3.40. The van der Waals surface area contributed by atoms with Crippen LogP contribution in [-0.4, -0.2) is 37.5 Å². The van der Waals surface area contributed by atoms with Gasteiger partial charge in [-0.3, -0.25) is 9.55 Å². The average Bonchev–Trinajstić information content (AvgIpc) is 3.20. The van der Waals surface area contributed by atoms with Crippen molar-refractivity contribution in [1.82, 2.24) is 14.1 Å². The van der Waals surface area contributed by atoms with E-state index in [1.807, 2.05) is 26.0 Å². The van der Waals surface area contributed by atoms with Gasteiger partial charge in [-0.1, -0.05) is 37.6 Å². The van der Waals surface area contributed by atoms with Gasteiger partial charge in [-0.25, -0.2) is 19.1 Å². The van der Waals surface area contributed by atoms with Crippen molar-refractivity contribution in [3.05, 3.63) is 91.0 Å². The lowest BCUT2D eigenvalue weighted by Crippen LogP contribution is -2.52. The first-order chi connectivity index (χ1) is 17.2. The Morgan fingerprint density at radius 1 is 1.08 bits per heavy atom. The number of nitrogens with zero attached hydrogens (tertiary/aromatic N) is 3. The molecule has 4 rings (SSSR count). The van der Waals surface area contributed by atoms with Crippen molar-refractivity contribution >= 4 is 28.3 Å². The van der Waals surface area contributed by atoms with Gasteiger partial charge in [-0.2, -0.15) is 0 Å². The van der Waals surface area contributed by atoms with Gasteiger partial charge in [0, 0.05) is 28.8 Å². The summed E-state index contributed by atoms with van der Waals surface area (Å²) in [6.45, 7) is 4.74. The second-order valence-electron chi connectivity index (χ2n) is 9.26. The SMILES string of the molecule is CCc1oc2ccc(/N=c3\[nH]c(=O)n(CC(C)(CO)CO)c(=O)n3Cc3ccc(Cl)cc3)cc2c1C. The molecule has 0 bridgehead atoms. The monoisotopic (exact) mass is 512 g/mol. The van der Waals surface area contributed by atoms with E-state index in [2.05, 4.69) is 9.98 Å². The Morgan fingerprint density at radius 3 is 2.42 bits per heavy atom. The zero-order valence-electron chi connectivity index (χ0n) is 20.4. The zero-order valence-corrected chi connectivity index (χ0v) is 21.2. The maximum Gasteiger partial charge on any atom is 0.335 e. The van der Waals surface area contributed by atoms with E-state index in [0.29, 0.717) is 10.7 Å². The topological polar surface area (TPSA) is 126 Å². The molecule has 0 atom stereocenters. The summed E-state index contributed by atoms with van der Waals surface area (Å²) < 4.78 is 8.20. The fourth-order valence-electron chi connectivity index (χ4n) is 4.02. The second-order valence-corrected chi connectivity index (χ2v) is 9.69.